The first-order valence-corrected chi connectivity index (χ1v) is 16.7. The Morgan fingerprint density at radius 3 is 2.43 bits per heavy atom. The van der Waals surface area contributed by atoms with E-state index >= 15 is 0 Å². The van der Waals surface area contributed by atoms with Gasteiger partial charge in [-0.25, -0.2) is 9.59 Å². The number of hydrogen-bond acceptors (Lipinski definition) is 8. The second kappa shape index (κ2) is 18.1. The lowest BCUT2D eigenvalue weighted by Crippen LogP contribution is -2.50. The molecule has 2 aliphatic rings. The van der Waals surface area contributed by atoms with Crippen LogP contribution in [-0.2, 0) is 30.5 Å². The summed E-state index contributed by atoms with van der Waals surface area (Å²) >= 11 is 1.63. The molecule has 254 valence electrons. The van der Waals surface area contributed by atoms with Crippen LogP contribution >= 0.6 is 11.8 Å². The fourth-order valence-electron chi connectivity index (χ4n) is 5.84. The van der Waals surface area contributed by atoms with Gasteiger partial charge in [-0.1, -0.05) is 42.5 Å². The maximum Gasteiger partial charge on any atom is 0.490 e. The van der Waals surface area contributed by atoms with Crippen molar-refractivity contribution in [2.45, 2.75) is 56.9 Å². The Labute approximate surface area is 271 Å². The lowest BCUT2D eigenvalue weighted by atomic mass is 9.96. The van der Waals surface area contributed by atoms with Crippen LogP contribution in [0, 0.1) is 5.92 Å². The zero-order valence-corrected chi connectivity index (χ0v) is 27.0. The van der Waals surface area contributed by atoms with E-state index in [1.165, 1.54) is 7.11 Å². The zero-order valence-electron chi connectivity index (χ0n) is 26.2. The van der Waals surface area contributed by atoms with Gasteiger partial charge in [0.05, 0.1) is 13.7 Å². The Morgan fingerprint density at radius 2 is 1.78 bits per heavy atom. The first kappa shape index (κ1) is 37.1. The molecule has 4 rings (SSSR count). The number of carbonyl (C=O) groups is 4. The molecular formula is C32H43F3N4O6S. The molecule has 2 atom stereocenters. The third-order valence-corrected chi connectivity index (χ3v) is 8.78. The molecule has 14 heteroatoms. The number of nitrogens with zero attached hydrogens (tertiary/aromatic N) is 2. The fraction of sp³-hybridized carbons (Fsp3) is 0.562. The number of rotatable bonds is 12. The molecule has 0 spiro atoms. The van der Waals surface area contributed by atoms with Crippen molar-refractivity contribution in [1.29, 1.82) is 0 Å². The molecule has 1 unspecified atom stereocenters. The van der Waals surface area contributed by atoms with Crippen LogP contribution in [0.1, 0.15) is 37.7 Å². The van der Waals surface area contributed by atoms with Crippen LogP contribution in [-0.4, -0.2) is 109 Å². The van der Waals surface area contributed by atoms with Gasteiger partial charge >= 0.3 is 18.1 Å². The summed E-state index contributed by atoms with van der Waals surface area (Å²) < 4.78 is 36.7. The van der Waals surface area contributed by atoms with Gasteiger partial charge in [-0.3, -0.25) is 14.5 Å². The highest BCUT2D eigenvalue weighted by Crippen LogP contribution is 2.26. The Bertz CT molecular complexity index is 1320. The topological polar surface area (TPSA) is 128 Å². The van der Waals surface area contributed by atoms with Crippen molar-refractivity contribution < 1.29 is 42.2 Å². The number of carboxylic acid groups (broad SMARTS) is 1. The number of likely N-dealkylation sites (tertiary alicyclic amines) is 1. The van der Waals surface area contributed by atoms with E-state index in [2.05, 4.69) is 44.7 Å². The molecule has 3 N–H and O–H groups in total. The SMILES string of the molecule is COC(=O)C(CCSC)NC(=O)CN(Cc1cccc2ccccc12)C[C@@H]1CCCN1C(=O)C1CCNCC1.O=C(O)C(F)(F)F. The summed E-state index contributed by atoms with van der Waals surface area (Å²) in [5, 5.41) is 15.7. The normalized spacial score (nSPS) is 17.7. The molecule has 0 aliphatic carbocycles. The molecule has 2 aromatic carbocycles. The first-order valence-electron chi connectivity index (χ1n) is 15.3. The highest BCUT2D eigenvalue weighted by atomic mass is 32.2. The zero-order chi connectivity index (χ0) is 33.7. The van der Waals surface area contributed by atoms with Crippen molar-refractivity contribution in [2.75, 3.05) is 51.8 Å². The second-order valence-corrected chi connectivity index (χ2v) is 12.4. The number of carboxylic acids is 1. The Balaban J connectivity index is 0.000000738. The molecule has 0 saturated carbocycles. The molecular weight excluding hydrogens is 625 g/mol. The molecule has 46 heavy (non-hydrogen) atoms. The molecule has 0 aromatic heterocycles. The molecule has 2 aromatic rings. The van der Waals surface area contributed by atoms with Gasteiger partial charge < -0.3 is 25.4 Å². The smallest absolute Gasteiger partial charge is 0.475 e. The van der Waals surface area contributed by atoms with Gasteiger partial charge in [-0.15, -0.1) is 0 Å². The van der Waals surface area contributed by atoms with Gasteiger partial charge in [0.1, 0.15) is 6.04 Å². The minimum Gasteiger partial charge on any atom is -0.475 e. The summed E-state index contributed by atoms with van der Waals surface area (Å²) in [6.07, 6.45) is 1.09. The average Bonchev–Trinajstić information content (AvgIpc) is 3.50. The number of fused-ring (bicyclic) bond motifs is 1. The molecule has 10 nitrogen and oxygen atoms in total. The van der Waals surface area contributed by atoms with Crippen LogP contribution in [0.25, 0.3) is 10.8 Å². The van der Waals surface area contributed by atoms with E-state index in [-0.39, 0.29) is 30.3 Å². The number of esters is 1. The van der Waals surface area contributed by atoms with Crippen LogP contribution in [0.4, 0.5) is 13.2 Å². The second-order valence-electron chi connectivity index (χ2n) is 11.4. The summed E-state index contributed by atoms with van der Waals surface area (Å²) in [5.74, 6) is -2.30. The molecule has 2 aliphatic heterocycles. The maximum atomic E-state index is 13.4. The van der Waals surface area contributed by atoms with Gasteiger partial charge in [0.25, 0.3) is 0 Å². The number of thioether (sulfide) groups is 1. The number of benzene rings is 2. The van der Waals surface area contributed by atoms with Crippen molar-refractivity contribution in [2.24, 2.45) is 5.92 Å². The van der Waals surface area contributed by atoms with Crippen LogP contribution in [0.3, 0.4) is 0 Å². The molecule has 0 bridgehead atoms. The van der Waals surface area contributed by atoms with Gasteiger partial charge in [-0.2, -0.15) is 24.9 Å². The summed E-state index contributed by atoms with van der Waals surface area (Å²) in [6.45, 7) is 3.89. The molecule has 2 saturated heterocycles. The summed E-state index contributed by atoms with van der Waals surface area (Å²) in [7, 11) is 1.35. The number of amides is 2. The van der Waals surface area contributed by atoms with Gasteiger partial charge in [-0.05, 0) is 73.5 Å². The lowest BCUT2D eigenvalue weighted by Gasteiger charge is -2.34. The van der Waals surface area contributed by atoms with Crippen LogP contribution < -0.4 is 10.6 Å². The average molecular weight is 669 g/mol. The van der Waals surface area contributed by atoms with E-state index in [1.807, 2.05) is 24.5 Å². The van der Waals surface area contributed by atoms with Gasteiger partial charge in [0.15, 0.2) is 0 Å². The number of methoxy groups -OCH3 is 1. The summed E-state index contributed by atoms with van der Waals surface area (Å²) in [4.78, 5) is 52.1. The van der Waals surface area contributed by atoms with Crippen molar-refractivity contribution >= 4 is 46.3 Å². The number of piperidine rings is 1. The number of alkyl halides is 3. The minimum absolute atomic E-state index is 0.0723. The third-order valence-electron chi connectivity index (χ3n) is 8.13. The largest absolute Gasteiger partial charge is 0.490 e. The van der Waals surface area contributed by atoms with E-state index in [0.29, 0.717) is 19.5 Å². The van der Waals surface area contributed by atoms with Crippen molar-refractivity contribution in [3.05, 3.63) is 48.0 Å². The van der Waals surface area contributed by atoms with Crippen molar-refractivity contribution in [1.82, 2.24) is 20.4 Å². The van der Waals surface area contributed by atoms with Crippen molar-refractivity contribution in [3.8, 4) is 0 Å². The minimum atomic E-state index is -5.08. The maximum absolute atomic E-state index is 13.4. The molecule has 0 radical (unpaired) electrons. The monoisotopic (exact) mass is 668 g/mol. The number of halogens is 3. The predicted octanol–water partition coefficient (Wildman–Crippen LogP) is 3.68. The Kier molecular flexibility index (Phi) is 14.6. The highest BCUT2D eigenvalue weighted by Gasteiger charge is 2.38. The number of ether oxygens (including phenoxy) is 1. The van der Waals surface area contributed by atoms with Gasteiger partial charge in [0, 0.05) is 31.6 Å². The fourth-order valence-corrected chi connectivity index (χ4v) is 6.31. The van der Waals surface area contributed by atoms with Crippen molar-refractivity contribution in [3.63, 3.8) is 0 Å². The summed E-state index contributed by atoms with van der Waals surface area (Å²) in [6, 6.07) is 13.9. The van der Waals surface area contributed by atoms with E-state index in [1.54, 1.807) is 11.8 Å². The van der Waals surface area contributed by atoms with Gasteiger partial charge in [0.2, 0.25) is 11.8 Å². The first-order chi connectivity index (χ1) is 21.9. The third kappa shape index (κ3) is 11.2. The summed E-state index contributed by atoms with van der Waals surface area (Å²) in [5.41, 5.74) is 1.14. The number of hydrogen-bond donors (Lipinski definition) is 3. The van der Waals surface area contributed by atoms with E-state index in [4.69, 9.17) is 14.6 Å². The quantitative estimate of drug-likeness (QED) is 0.290. The Morgan fingerprint density at radius 1 is 1.11 bits per heavy atom. The number of nitrogens with one attached hydrogen (secondary N) is 2. The number of carbonyl (C=O) groups excluding carboxylic acids is 3. The molecule has 2 amide bonds. The van der Waals surface area contributed by atoms with Crippen LogP contribution in [0.2, 0.25) is 0 Å². The van der Waals surface area contributed by atoms with Crippen LogP contribution in [0.15, 0.2) is 42.5 Å². The molecule has 2 fully saturated rings. The molecule has 2 heterocycles. The Hall–Kier alpha value is -3.36. The highest BCUT2D eigenvalue weighted by molar-refractivity contribution is 7.98. The standard InChI is InChI=1S/C30H42N4O4S.C2HF3O2/c1-38-30(37)27(14-18-39-2)32-28(35)21-33(19-24-9-5-8-22-7-3-4-11-26(22)24)20-25-10-6-17-34(25)29(36)23-12-15-31-16-13-23;3-2(4,5)1(6)7/h3-5,7-9,11,23,25,27,31H,6,10,12-21H2,1-2H3,(H,32,35);(H,6,7)/t25-,27?;/m0./s1. The van der Waals surface area contributed by atoms with E-state index in [0.717, 1.165) is 67.4 Å². The lowest BCUT2D eigenvalue weighted by molar-refractivity contribution is -0.192. The van der Waals surface area contributed by atoms with E-state index < -0.39 is 24.2 Å². The predicted molar refractivity (Wildman–Crippen MR) is 170 cm³/mol. The van der Waals surface area contributed by atoms with Crippen LogP contribution in [0.5, 0.6) is 0 Å². The number of aliphatic carboxylic acids is 1. The van der Waals surface area contributed by atoms with E-state index in [9.17, 15) is 27.6 Å².